The maximum absolute atomic E-state index is 14.8. The predicted octanol–water partition coefficient (Wildman–Crippen LogP) is 5.86. The number of nitrogens with two attached hydrogens (primary N) is 1. The molecule has 1 atom stereocenters. The molecule has 0 radical (unpaired) electrons. The topological polar surface area (TPSA) is 84.9 Å². The average Bonchev–Trinajstić information content (AvgIpc) is 3.20. The Morgan fingerprint density at radius 1 is 1.03 bits per heavy atom. The summed E-state index contributed by atoms with van der Waals surface area (Å²) in [6.07, 6.45) is -11.9. The summed E-state index contributed by atoms with van der Waals surface area (Å²) in [7, 11) is 0. The van der Waals surface area contributed by atoms with Gasteiger partial charge in [-0.05, 0) is 29.0 Å². The number of benzene rings is 3. The molecule has 0 aliphatic carbocycles. The van der Waals surface area contributed by atoms with Gasteiger partial charge in [-0.2, -0.15) is 26.3 Å². The van der Waals surface area contributed by atoms with Gasteiger partial charge in [0.2, 0.25) is 0 Å². The minimum Gasteiger partial charge on any atom is -0.478 e. The van der Waals surface area contributed by atoms with Gasteiger partial charge < -0.3 is 15.7 Å². The number of fused-ring (bicyclic) bond motifs is 1. The largest absolute Gasteiger partial charge is 0.478 e. The van der Waals surface area contributed by atoms with E-state index < -0.39 is 53.0 Å². The molecule has 5 nitrogen and oxygen atoms in total. The summed E-state index contributed by atoms with van der Waals surface area (Å²) < 4.78 is 97.3. The van der Waals surface area contributed by atoms with Crippen LogP contribution in [0, 0.1) is 5.82 Å². The molecule has 12 heteroatoms. The summed E-state index contributed by atoms with van der Waals surface area (Å²) in [5.74, 6) is -3.46. The van der Waals surface area contributed by atoms with E-state index in [-0.39, 0.29) is 33.7 Å². The fourth-order valence-electron chi connectivity index (χ4n) is 3.91. The minimum atomic E-state index is -5.40. The van der Waals surface area contributed by atoms with Crippen LogP contribution in [0.3, 0.4) is 0 Å². The lowest BCUT2D eigenvalue weighted by Crippen LogP contribution is -2.44. The van der Waals surface area contributed by atoms with Crippen LogP contribution in [0.15, 0.2) is 53.7 Å². The fourth-order valence-corrected chi connectivity index (χ4v) is 3.91. The molecule has 3 aromatic rings. The number of aromatic carboxylic acids is 1. The Labute approximate surface area is 186 Å². The third kappa shape index (κ3) is 3.58. The Hall–Kier alpha value is -3.83. The molecule has 0 amide bonds. The number of halogens is 7. The van der Waals surface area contributed by atoms with Gasteiger partial charge in [-0.1, -0.05) is 35.5 Å². The molecule has 178 valence electrons. The van der Waals surface area contributed by atoms with Crippen molar-refractivity contribution in [3.63, 3.8) is 0 Å². The van der Waals surface area contributed by atoms with Gasteiger partial charge in [0.05, 0.1) is 23.3 Å². The van der Waals surface area contributed by atoms with Gasteiger partial charge in [0, 0.05) is 16.8 Å². The Bertz CT molecular complexity index is 1350. The van der Waals surface area contributed by atoms with Crippen LogP contribution in [0.25, 0.3) is 10.8 Å². The second-order valence-corrected chi connectivity index (χ2v) is 7.57. The third-order valence-corrected chi connectivity index (χ3v) is 5.49. The highest BCUT2D eigenvalue weighted by Crippen LogP contribution is 2.51. The molecule has 0 spiro atoms. The monoisotopic (exact) mass is 486 g/mol. The number of hydrogen-bond acceptors (Lipinski definition) is 4. The normalized spacial score (nSPS) is 18.6. The van der Waals surface area contributed by atoms with E-state index >= 15 is 0 Å². The van der Waals surface area contributed by atoms with Crippen molar-refractivity contribution >= 4 is 28.1 Å². The first kappa shape index (κ1) is 23.3. The lowest BCUT2D eigenvalue weighted by atomic mass is 9.84. The van der Waals surface area contributed by atoms with Gasteiger partial charge in [-0.25, -0.2) is 9.18 Å². The predicted molar refractivity (Wildman–Crippen MR) is 107 cm³/mol. The van der Waals surface area contributed by atoms with E-state index in [1.54, 1.807) is 0 Å². The second-order valence-electron chi connectivity index (χ2n) is 7.57. The highest BCUT2D eigenvalue weighted by atomic mass is 19.4. The van der Waals surface area contributed by atoms with Gasteiger partial charge in [-0.3, -0.25) is 0 Å². The van der Waals surface area contributed by atoms with Crippen molar-refractivity contribution in [2.75, 3.05) is 5.73 Å². The maximum atomic E-state index is 14.8. The van der Waals surface area contributed by atoms with Crippen molar-refractivity contribution in [2.45, 2.75) is 24.4 Å². The van der Waals surface area contributed by atoms with Crippen molar-refractivity contribution < 1.29 is 45.5 Å². The zero-order valence-corrected chi connectivity index (χ0v) is 16.8. The number of carbonyl (C=O) groups is 1. The van der Waals surface area contributed by atoms with Crippen LogP contribution in [0.2, 0.25) is 0 Å². The molecule has 4 rings (SSSR count). The van der Waals surface area contributed by atoms with Crippen LogP contribution in [-0.4, -0.2) is 23.0 Å². The molecule has 1 unspecified atom stereocenters. The second kappa shape index (κ2) is 7.61. The van der Waals surface area contributed by atoms with Crippen molar-refractivity contribution in [2.24, 2.45) is 5.16 Å². The van der Waals surface area contributed by atoms with Crippen LogP contribution in [0.5, 0.6) is 0 Å². The molecule has 1 aliphatic rings. The highest BCUT2D eigenvalue weighted by Gasteiger charge is 2.64. The first-order valence-corrected chi connectivity index (χ1v) is 9.50. The summed E-state index contributed by atoms with van der Waals surface area (Å²) in [4.78, 5) is 16.2. The van der Waals surface area contributed by atoms with Crippen LogP contribution in [-0.2, 0) is 16.6 Å². The molecule has 0 fully saturated rings. The van der Waals surface area contributed by atoms with E-state index in [1.807, 2.05) is 0 Å². The molecule has 0 bridgehead atoms. The number of nitrogen functional groups attached to an aromatic ring is 1. The van der Waals surface area contributed by atoms with Crippen molar-refractivity contribution in [3.05, 3.63) is 76.6 Å². The molecule has 3 N–H and O–H groups in total. The van der Waals surface area contributed by atoms with E-state index in [0.717, 1.165) is 6.07 Å². The first-order chi connectivity index (χ1) is 15.8. The average molecular weight is 486 g/mol. The van der Waals surface area contributed by atoms with Crippen molar-refractivity contribution in [3.8, 4) is 0 Å². The number of alkyl halides is 6. The lowest BCUT2D eigenvalue weighted by Gasteiger charge is -2.30. The fraction of sp³-hybridized carbons (Fsp3) is 0.182. The van der Waals surface area contributed by atoms with Crippen molar-refractivity contribution in [1.82, 2.24) is 0 Å². The molecule has 0 saturated heterocycles. The quantitative estimate of drug-likeness (QED) is 0.359. The van der Waals surface area contributed by atoms with Crippen LogP contribution >= 0.6 is 0 Å². The zero-order chi connectivity index (χ0) is 25.1. The van der Waals surface area contributed by atoms with Gasteiger partial charge in [0.25, 0.3) is 5.60 Å². The van der Waals surface area contributed by atoms with E-state index in [2.05, 4.69) is 9.99 Å². The number of carboxylic acid groups (broad SMARTS) is 1. The number of nitrogens with zero attached hydrogens (tertiary/aromatic N) is 1. The molecule has 0 aromatic heterocycles. The number of hydrogen-bond donors (Lipinski definition) is 2. The number of carboxylic acids is 1. The summed E-state index contributed by atoms with van der Waals surface area (Å²) in [5, 5.41) is 13.2. The van der Waals surface area contributed by atoms with Gasteiger partial charge in [0.15, 0.2) is 0 Å². The zero-order valence-electron chi connectivity index (χ0n) is 16.8. The molecule has 1 aliphatic heterocycles. The van der Waals surface area contributed by atoms with Crippen molar-refractivity contribution in [1.29, 1.82) is 0 Å². The Morgan fingerprint density at radius 2 is 1.68 bits per heavy atom. The van der Waals surface area contributed by atoms with E-state index in [9.17, 15) is 40.6 Å². The van der Waals surface area contributed by atoms with Gasteiger partial charge >= 0.3 is 18.3 Å². The highest BCUT2D eigenvalue weighted by molar-refractivity contribution is 6.15. The maximum Gasteiger partial charge on any atom is 0.435 e. The molecular weight excluding hydrogens is 473 g/mol. The summed E-state index contributed by atoms with van der Waals surface area (Å²) >= 11 is 0. The van der Waals surface area contributed by atoms with Crippen LogP contribution in [0.4, 0.5) is 36.4 Å². The smallest absolute Gasteiger partial charge is 0.435 e. The van der Waals surface area contributed by atoms with E-state index in [0.29, 0.717) is 6.07 Å². The molecular formula is C22H13F7N2O3. The SMILES string of the molecule is Nc1cc(C(F)(F)F)c(F)c(C2(C(F)(F)F)CC(c3ccc(C(=O)O)c4ccccc34)=NO2)c1. The van der Waals surface area contributed by atoms with Gasteiger partial charge in [0.1, 0.15) is 5.82 Å². The minimum absolute atomic E-state index is 0.0482. The lowest BCUT2D eigenvalue weighted by molar-refractivity contribution is -0.277. The van der Waals surface area contributed by atoms with Crippen LogP contribution < -0.4 is 5.73 Å². The summed E-state index contributed by atoms with van der Waals surface area (Å²) in [6.45, 7) is 0. The van der Waals surface area contributed by atoms with Crippen LogP contribution in [0.1, 0.15) is 33.5 Å². The Morgan fingerprint density at radius 3 is 2.26 bits per heavy atom. The first-order valence-electron chi connectivity index (χ1n) is 9.50. The Kier molecular flexibility index (Phi) is 5.22. The van der Waals surface area contributed by atoms with E-state index in [4.69, 9.17) is 5.73 Å². The van der Waals surface area contributed by atoms with E-state index in [1.165, 1.54) is 30.3 Å². The summed E-state index contributed by atoms with van der Waals surface area (Å²) in [5.41, 5.74) is -2.83. The molecule has 0 saturated carbocycles. The Balaban J connectivity index is 1.89. The third-order valence-electron chi connectivity index (χ3n) is 5.49. The molecule has 1 heterocycles. The number of oxime groups is 1. The molecule has 3 aromatic carbocycles. The molecule has 34 heavy (non-hydrogen) atoms. The standard InChI is InChI=1S/C22H13F7N2O3/c23-18-15(7-10(30)8-16(18)21(24,25)26)20(22(27,28)29)9-17(31-34-20)13-5-6-14(19(32)33)12-4-2-1-3-11(12)13/h1-8H,9,30H2,(H,32,33). The summed E-state index contributed by atoms with van der Waals surface area (Å²) in [6, 6.07) is 8.89. The number of anilines is 1. The number of rotatable bonds is 3. The van der Waals surface area contributed by atoms with Gasteiger partial charge in [-0.15, -0.1) is 0 Å².